The molecule has 0 N–H and O–H groups in total. The molecule has 0 radical (unpaired) electrons. The van der Waals surface area contributed by atoms with Crippen LogP contribution in [0.15, 0.2) is 71.2 Å². The van der Waals surface area contributed by atoms with Gasteiger partial charge in [-0.05, 0) is 23.8 Å². The lowest BCUT2D eigenvalue weighted by atomic mass is 10.0. The van der Waals surface area contributed by atoms with Crippen molar-refractivity contribution >= 4 is 47.4 Å². The van der Waals surface area contributed by atoms with Crippen LogP contribution in [0.5, 0.6) is 0 Å². The van der Waals surface area contributed by atoms with Crippen LogP contribution in [0.1, 0.15) is 0 Å². The van der Waals surface area contributed by atoms with Crippen molar-refractivity contribution in [3.8, 4) is 11.1 Å². The third-order valence-electron chi connectivity index (χ3n) is 3.53. The second kappa shape index (κ2) is 4.72. The van der Waals surface area contributed by atoms with Crippen molar-refractivity contribution in [3.05, 3.63) is 71.2 Å². The van der Waals surface area contributed by atoms with Crippen molar-refractivity contribution in [1.82, 2.24) is 0 Å². The van der Waals surface area contributed by atoms with Crippen molar-refractivity contribution < 1.29 is 0 Å². The van der Waals surface area contributed by atoms with Crippen LogP contribution in [0.2, 0.25) is 0 Å². The maximum absolute atomic E-state index is 3.66. The van der Waals surface area contributed by atoms with Gasteiger partial charge in [0.25, 0.3) is 0 Å². The molecule has 0 aliphatic rings. The smallest absolute Gasteiger partial charge is 0.0434 e. The number of hydrogen-bond acceptors (Lipinski definition) is 1. The van der Waals surface area contributed by atoms with Crippen molar-refractivity contribution in [2.24, 2.45) is 0 Å². The van der Waals surface area contributed by atoms with Gasteiger partial charge < -0.3 is 0 Å². The van der Waals surface area contributed by atoms with Crippen LogP contribution in [0.25, 0.3) is 31.3 Å². The van der Waals surface area contributed by atoms with E-state index < -0.39 is 0 Å². The van der Waals surface area contributed by atoms with Gasteiger partial charge in [0.1, 0.15) is 0 Å². The van der Waals surface area contributed by atoms with E-state index in [9.17, 15) is 0 Å². The molecule has 4 aromatic rings. The Balaban J connectivity index is 2.16. The van der Waals surface area contributed by atoms with E-state index in [4.69, 9.17) is 0 Å². The largest absolute Gasteiger partial charge is 0.135 e. The molecular weight excluding hydrogens is 328 g/mol. The number of benzene rings is 3. The summed E-state index contributed by atoms with van der Waals surface area (Å²) in [5.74, 6) is 0. The first kappa shape index (κ1) is 12.1. The van der Waals surface area contributed by atoms with Crippen LogP contribution in [0, 0.1) is 0 Å². The highest BCUT2D eigenvalue weighted by Gasteiger charge is 2.11. The fourth-order valence-electron chi connectivity index (χ4n) is 2.62. The molecule has 0 fully saturated rings. The lowest BCUT2D eigenvalue weighted by molar-refractivity contribution is 1.66. The molecule has 0 amide bonds. The molecule has 0 unspecified atom stereocenters. The number of thiophene rings is 1. The summed E-state index contributed by atoms with van der Waals surface area (Å²) >= 11 is 5.53. The van der Waals surface area contributed by atoms with E-state index >= 15 is 0 Å². The molecule has 0 aliphatic heterocycles. The summed E-state index contributed by atoms with van der Waals surface area (Å²) in [5.41, 5.74) is 2.57. The van der Waals surface area contributed by atoms with Gasteiger partial charge in [-0.25, -0.2) is 0 Å². The van der Waals surface area contributed by atoms with Crippen LogP contribution < -0.4 is 0 Å². The first-order chi connectivity index (χ1) is 9.83. The zero-order valence-corrected chi connectivity index (χ0v) is 13.0. The monoisotopic (exact) mass is 338 g/mol. The normalized spacial score (nSPS) is 11.2. The first-order valence-electron chi connectivity index (χ1n) is 6.49. The van der Waals surface area contributed by atoms with Gasteiger partial charge in [-0.1, -0.05) is 64.5 Å². The topological polar surface area (TPSA) is 0 Å². The molecule has 20 heavy (non-hydrogen) atoms. The summed E-state index contributed by atoms with van der Waals surface area (Å²) in [5, 5.41) is 2.67. The van der Waals surface area contributed by atoms with E-state index in [1.54, 1.807) is 0 Å². The molecule has 3 aromatic carbocycles. The highest BCUT2D eigenvalue weighted by Crippen LogP contribution is 2.41. The summed E-state index contributed by atoms with van der Waals surface area (Å²) in [6.07, 6.45) is 0. The van der Waals surface area contributed by atoms with Crippen LogP contribution >= 0.6 is 27.3 Å². The van der Waals surface area contributed by atoms with E-state index in [0.717, 1.165) is 4.47 Å². The van der Waals surface area contributed by atoms with Gasteiger partial charge in [-0.3, -0.25) is 0 Å². The van der Waals surface area contributed by atoms with Crippen LogP contribution in [-0.2, 0) is 0 Å². The minimum Gasteiger partial charge on any atom is -0.135 e. The van der Waals surface area contributed by atoms with Gasteiger partial charge in [0.05, 0.1) is 0 Å². The minimum absolute atomic E-state index is 1.13. The van der Waals surface area contributed by atoms with Crippen LogP contribution in [-0.4, -0.2) is 0 Å². The molecular formula is C18H11BrS. The van der Waals surface area contributed by atoms with Gasteiger partial charge >= 0.3 is 0 Å². The zero-order chi connectivity index (χ0) is 13.5. The van der Waals surface area contributed by atoms with E-state index in [1.165, 1.54) is 31.3 Å². The fraction of sp³-hybridized carbons (Fsp3) is 0. The molecule has 0 aliphatic carbocycles. The average molecular weight is 339 g/mol. The molecule has 0 atom stereocenters. The lowest BCUT2D eigenvalue weighted by Crippen LogP contribution is -1.78. The Morgan fingerprint density at radius 3 is 2.35 bits per heavy atom. The summed E-state index contributed by atoms with van der Waals surface area (Å²) < 4.78 is 3.84. The lowest BCUT2D eigenvalue weighted by Gasteiger charge is -2.04. The Morgan fingerprint density at radius 2 is 1.50 bits per heavy atom. The summed E-state index contributed by atoms with van der Waals surface area (Å²) in [6, 6.07) is 23.6. The molecule has 96 valence electrons. The van der Waals surface area contributed by atoms with Crippen molar-refractivity contribution in [3.63, 3.8) is 0 Å². The van der Waals surface area contributed by atoms with E-state index in [1.807, 2.05) is 11.3 Å². The number of hydrogen-bond donors (Lipinski definition) is 0. The van der Waals surface area contributed by atoms with Crippen molar-refractivity contribution in [1.29, 1.82) is 0 Å². The van der Waals surface area contributed by atoms with E-state index in [0.29, 0.717) is 0 Å². The number of rotatable bonds is 1. The van der Waals surface area contributed by atoms with Gasteiger partial charge in [0.2, 0.25) is 0 Å². The predicted octanol–water partition coefficient (Wildman–Crippen LogP) is 6.48. The zero-order valence-electron chi connectivity index (χ0n) is 10.6. The SMILES string of the molecule is Brc1cc(-c2ccccc2)c2sc3ccccc3c2c1. The fourth-order valence-corrected chi connectivity index (χ4v) is 4.30. The molecule has 2 heteroatoms. The van der Waals surface area contributed by atoms with E-state index in [-0.39, 0.29) is 0 Å². The number of fused-ring (bicyclic) bond motifs is 3. The van der Waals surface area contributed by atoms with Gasteiger partial charge in [0.15, 0.2) is 0 Å². The molecule has 0 saturated carbocycles. The molecule has 4 rings (SSSR count). The summed E-state index contributed by atoms with van der Waals surface area (Å²) in [7, 11) is 0. The highest BCUT2D eigenvalue weighted by atomic mass is 79.9. The third-order valence-corrected chi connectivity index (χ3v) is 5.21. The Hall–Kier alpha value is -1.64. The Bertz CT molecular complexity index is 907. The Morgan fingerprint density at radius 1 is 0.750 bits per heavy atom. The second-order valence-corrected chi connectivity index (χ2v) is 6.76. The first-order valence-corrected chi connectivity index (χ1v) is 8.10. The molecule has 0 nitrogen and oxygen atoms in total. The molecule has 0 spiro atoms. The standard InChI is InChI=1S/C18H11BrS/c19-13-10-15(12-6-2-1-3-7-12)18-16(11-13)14-8-4-5-9-17(14)20-18/h1-11H. The quantitative estimate of drug-likeness (QED) is 0.372. The Kier molecular flexibility index (Phi) is 2.86. The van der Waals surface area contributed by atoms with Gasteiger partial charge in [0, 0.05) is 30.2 Å². The molecule has 0 bridgehead atoms. The Labute approximate surface area is 129 Å². The predicted molar refractivity (Wildman–Crippen MR) is 92.5 cm³/mol. The van der Waals surface area contributed by atoms with Gasteiger partial charge in [-0.2, -0.15) is 0 Å². The van der Waals surface area contributed by atoms with Crippen LogP contribution in [0.4, 0.5) is 0 Å². The highest BCUT2D eigenvalue weighted by molar-refractivity contribution is 9.10. The average Bonchev–Trinajstić information content (AvgIpc) is 2.86. The van der Waals surface area contributed by atoms with Gasteiger partial charge in [-0.15, -0.1) is 11.3 Å². The number of halogens is 1. The van der Waals surface area contributed by atoms with Crippen molar-refractivity contribution in [2.75, 3.05) is 0 Å². The maximum atomic E-state index is 3.66. The molecule has 1 aromatic heterocycles. The second-order valence-electron chi connectivity index (χ2n) is 4.79. The van der Waals surface area contributed by atoms with E-state index in [2.05, 4.69) is 82.7 Å². The molecule has 0 saturated heterocycles. The summed E-state index contributed by atoms with van der Waals surface area (Å²) in [6.45, 7) is 0. The maximum Gasteiger partial charge on any atom is 0.0434 e. The molecule has 1 heterocycles. The minimum atomic E-state index is 1.13. The third kappa shape index (κ3) is 1.88. The summed E-state index contributed by atoms with van der Waals surface area (Å²) in [4.78, 5) is 0. The van der Waals surface area contributed by atoms with Crippen LogP contribution in [0.3, 0.4) is 0 Å². The van der Waals surface area contributed by atoms with Crippen molar-refractivity contribution in [2.45, 2.75) is 0 Å².